The average molecular weight is 224 g/mol. The van der Waals surface area contributed by atoms with Gasteiger partial charge < -0.3 is 5.32 Å². The van der Waals surface area contributed by atoms with Crippen LogP contribution in [-0.4, -0.2) is 36.6 Å². The lowest BCUT2D eigenvalue weighted by atomic mass is 9.82. The summed E-state index contributed by atoms with van der Waals surface area (Å²) in [4.78, 5) is 2.68. The third kappa shape index (κ3) is 3.46. The summed E-state index contributed by atoms with van der Waals surface area (Å²) in [6, 6.07) is 0. The lowest BCUT2D eigenvalue weighted by molar-refractivity contribution is 0.118. The highest BCUT2D eigenvalue weighted by Crippen LogP contribution is 2.29. The summed E-state index contributed by atoms with van der Waals surface area (Å²) in [5.74, 6) is 1.96. The van der Waals surface area contributed by atoms with Crippen LogP contribution in [0.4, 0.5) is 0 Å². The van der Waals surface area contributed by atoms with Crippen molar-refractivity contribution in [3.05, 3.63) is 0 Å². The van der Waals surface area contributed by atoms with Gasteiger partial charge in [-0.3, -0.25) is 4.90 Å². The molecule has 2 rings (SSSR count). The van der Waals surface area contributed by atoms with Gasteiger partial charge in [-0.25, -0.2) is 0 Å². The third-order valence-electron chi connectivity index (χ3n) is 4.30. The Balaban J connectivity index is 1.76. The van der Waals surface area contributed by atoms with Crippen molar-refractivity contribution >= 4 is 0 Å². The van der Waals surface area contributed by atoms with E-state index >= 15 is 0 Å². The molecule has 0 aromatic heterocycles. The smallest absolute Gasteiger partial charge is 0.0252 e. The standard InChI is InChI=1S/C14H28N2/c1-12-4-6-13(7-5-12)10-16-9-8-15-14(2,3)11-16/h12-13,15H,4-11H2,1-3H3. The van der Waals surface area contributed by atoms with Crippen molar-refractivity contribution in [2.75, 3.05) is 26.2 Å². The second-order valence-electron chi connectivity index (χ2n) is 6.67. The van der Waals surface area contributed by atoms with Gasteiger partial charge in [0.15, 0.2) is 0 Å². The van der Waals surface area contributed by atoms with Crippen molar-refractivity contribution < 1.29 is 0 Å². The van der Waals surface area contributed by atoms with Gasteiger partial charge in [0.2, 0.25) is 0 Å². The van der Waals surface area contributed by atoms with Crippen LogP contribution in [0, 0.1) is 11.8 Å². The maximum atomic E-state index is 3.59. The van der Waals surface area contributed by atoms with E-state index in [0.717, 1.165) is 18.4 Å². The molecule has 0 amide bonds. The molecule has 0 atom stereocenters. The summed E-state index contributed by atoms with van der Waals surface area (Å²) in [6.07, 6.45) is 5.84. The van der Waals surface area contributed by atoms with Crippen LogP contribution >= 0.6 is 0 Å². The van der Waals surface area contributed by atoms with Crippen molar-refractivity contribution in [2.45, 2.75) is 52.0 Å². The van der Waals surface area contributed by atoms with Gasteiger partial charge in [0.05, 0.1) is 0 Å². The van der Waals surface area contributed by atoms with Crippen LogP contribution in [0.1, 0.15) is 46.5 Å². The summed E-state index contributed by atoms with van der Waals surface area (Å²) in [6.45, 7) is 12.0. The Kier molecular flexibility index (Phi) is 3.91. The molecule has 1 saturated heterocycles. The Labute approximate surface area is 101 Å². The minimum Gasteiger partial charge on any atom is -0.309 e. The normalized spacial score (nSPS) is 36.2. The van der Waals surface area contributed by atoms with E-state index in [-0.39, 0.29) is 0 Å². The summed E-state index contributed by atoms with van der Waals surface area (Å²) in [5, 5.41) is 3.59. The molecule has 16 heavy (non-hydrogen) atoms. The Morgan fingerprint density at radius 1 is 1.19 bits per heavy atom. The fraction of sp³-hybridized carbons (Fsp3) is 1.00. The molecule has 1 saturated carbocycles. The van der Waals surface area contributed by atoms with E-state index in [9.17, 15) is 0 Å². The van der Waals surface area contributed by atoms with Crippen LogP contribution in [0.5, 0.6) is 0 Å². The molecule has 2 fully saturated rings. The van der Waals surface area contributed by atoms with E-state index in [1.165, 1.54) is 45.3 Å². The molecule has 0 unspecified atom stereocenters. The molecule has 0 radical (unpaired) electrons. The van der Waals surface area contributed by atoms with Crippen LogP contribution < -0.4 is 5.32 Å². The van der Waals surface area contributed by atoms with Gasteiger partial charge in [-0.2, -0.15) is 0 Å². The van der Waals surface area contributed by atoms with E-state index in [2.05, 4.69) is 31.0 Å². The highest BCUT2D eigenvalue weighted by atomic mass is 15.2. The number of nitrogens with zero attached hydrogens (tertiary/aromatic N) is 1. The zero-order chi connectivity index (χ0) is 11.6. The van der Waals surface area contributed by atoms with Crippen molar-refractivity contribution in [3.8, 4) is 0 Å². The first-order valence-corrected chi connectivity index (χ1v) is 7.02. The van der Waals surface area contributed by atoms with Crippen LogP contribution in [0.25, 0.3) is 0 Å². The minimum absolute atomic E-state index is 0.320. The number of hydrogen-bond donors (Lipinski definition) is 1. The molecule has 2 aliphatic rings. The van der Waals surface area contributed by atoms with E-state index in [4.69, 9.17) is 0 Å². The van der Waals surface area contributed by atoms with Gasteiger partial charge in [-0.1, -0.05) is 19.8 Å². The first kappa shape index (κ1) is 12.4. The molecular weight excluding hydrogens is 196 g/mol. The Hall–Kier alpha value is -0.0800. The molecular formula is C14H28N2. The predicted octanol–water partition coefficient (Wildman–Crippen LogP) is 2.50. The van der Waals surface area contributed by atoms with E-state index in [0.29, 0.717) is 5.54 Å². The molecule has 2 heteroatoms. The largest absolute Gasteiger partial charge is 0.309 e. The molecule has 2 nitrogen and oxygen atoms in total. The van der Waals surface area contributed by atoms with Gasteiger partial charge in [0, 0.05) is 31.7 Å². The fourth-order valence-electron chi connectivity index (χ4n) is 3.28. The van der Waals surface area contributed by atoms with Crippen molar-refractivity contribution in [2.24, 2.45) is 11.8 Å². The first-order chi connectivity index (χ1) is 7.55. The average Bonchev–Trinajstić information content (AvgIpc) is 2.20. The van der Waals surface area contributed by atoms with Crippen molar-refractivity contribution in [1.82, 2.24) is 10.2 Å². The van der Waals surface area contributed by atoms with Gasteiger partial charge in [0.1, 0.15) is 0 Å². The topological polar surface area (TPSA) is 15.3 Å². The number of hydrogen-bond acceptors (Lipinski definition) is 2. The first-order valence-electron chi connectivity index (χ1n) is 7.02. The number of nitrogens with one attached hydrogen (secondary N) is 1. The molecule has 1 N–H and O–H groups in total. The SMILES string of the molecule is CC1CCC(CN2CCNC(C)(C)C2)CC1. The summed E-state index contributed by atoms with van der Waals surface area (Å²) in [7, 11) is 0. The van der Waals surface area contributed by atoms with Gasteiger partial charge in [-0.15, -0.1) is 0 Å². The zero-order valence-electron chi connectivity index (χ0n) is 11.3. The molecule has 0 aromatic rings. The summed E-state index contributed by atoms with van der Waals surface area (Å²) < 4.78 is 0. The Morgan fingerprint density at radius 2 is 1.88 bits per heavy atom. The fourth-order valence-corrected chi connectivity index (χ4v) is 3.28. The van der Waals surface area contributed by atoms with Gasteiger partial charge in [0.25, 0.3) is 0 Å². The molecule has 94 valence electrons. The number of piperazine rings is 1. The second-order valence-corrected chi connectivity index (χ2v) is 6.67. The maximum absolute atomic E-state index is 3.59. The highest BCUT2D eigenvalue weighted by Gasteiger charge is 2.28. The van der Waals surface area contributed by atoms with Crippen LogP contribution in [0.3, 0.4) is 0 Å². The van der Waals surface area contributed by atoms with Gasteiger partial charge >= 0.3 is 0 Å². The lowest BCUT2D eigenvalue weighted by Gasteiger charge is -2.41. The van der Waals surface area contributed by atoms with Crippen LogP contribution in [-0.2, 0) is 0 Å². The van der Waals surface area contributed by atoms with Gasteiger partial charge in [-0.05, 0) is 38.5 Å². The number of rotatable bonds is 2. The predicted molar refractivity (Wildman–Crippen MR) is 69.6 cm³/mol. The zero-order valence-corrected chi connectivity index (χ0v) is 11.3. The molecule has 1 heterocycles. The molecule has 1 aliphatic heterocycles. The quantitative estimate of drug-likeness (QED) is 0.775. The van der Waals surface area contributed by atoms with E-state index in [1.54, 1.807) is 0 Å². The van der Waals surface area contributed by atoms with Crippen molar-refractivity contribution in [3.63, 3.8) is 0 Å². The highest BCUT2D eigenvalue weighted by molar-refractivity contribution is 4.87. The Bertz CT molecular complexity index is 217. The van der Waals surface area contributed by atoms with Crippen LogP contribution in [0.15, 0.2) is 0 Å². The molecule has 1 aliphatic carbocycles. The van der Waals surface area contributed by atoms with Crippen LogP contribution in [0.2, 0.25) is 0 Å². The summed E-state index contributed by atoms with van der Waals surface area (Å²) in [5.41, 5.74) is 0.320. The molecule has 0 bridgehead atoms. The second kappa shape index (κ2) is 5.05. The monoisotopic (exact) mass is 224 g/mol. The Morgan fingerprint density at radius 3 is 2.50 bits per heavy atom. The molecule has 0 aromatic carbocycles. The van der Waals surface area contributed by atoms with E-state index in [1.807, 2.05) is 0 Å². The lowest BCUT2D eigenvalue weighted by Crippen LogP contribution is -2.57. The maximum Gasteiger partial charge on any atom is 0.0252 e. The summed E-state index contributed by atoms with van der Waals surface area (Å²) >= 11 is 0. The third-order valence-corrected chi connectivity index (χ3v) is 4.30. The van der Waals surface area contributed by atoms with Crippen molar-refractivity contribution in [1.29, 1.82) is 0 Å². The molecule has 0 spiro atoms. The minimum atomic E-state index is 0.320. The van der Waals surface area contributed by atoms with E-state index < -0.39 is 0 Å².